The molecular weight excluding hydrogens is 306 g/mol. The van der Waals surface area contributed by atoms with Crippen molar-refractivity contribution in [2.24, 2.45) is 5.73 Å². The van der Waals surface area contributed by atoms with E-state index in [-0.39, 0.29) is 18.5 Å². The number of benzene rings is 1. The minimum absolute atomic E-state index is 0.0497. The Morgan fingerprint density at radius 2 is 1.95 bits per heavy atom. The molecule has 1 aromatic rings. The molecule has 0 atom stereocenters. The number of likely N-dealkylation sites (tertiary alicyclic amines) is 1. The predicted molar refractivity (Wildman–Crippen MR) is 79.6 cm³/mol. The molecule has 0 saturated carbocycles. The number of rotatable bonds is 4. The van der Waals surface area contributed by atoms with Crippen molar-refractivity contribution in [3.63, 3.8) is 0 Å². The number of carbonyl (C=O) groups excluding carboxylic acids is 1. The van der Waals surface area contributed by atoms with Crippen molar-refractivity contribution in [1.29, 1.82) is 0 Å². The van der Waals surface area contributed by atoms with Gasteiger partial charge in [0.05, 0.1) is 6.54 Å². The smallest absolute Gasteiger partial charge is 0.233 e. The van der Waals surface area contributed by atoms with E-state index in [2.05, 4.69) is 50.4 Å². The summed E-state index contributed by atoms with van der Waals surface area (Å²) in [6, 6.07) is 8.73. The molecule has 1 saturated heterocycles. The van der Waals surface area contributed by atoms with E-state index in [1.165, 1.54) is 5.56 Å². The van der Waals surface area contributed by atoms with Gasteiger partial charge in [-0.15, -0.1) is 0 Å². The molecule has 104 valence electrons. The van der Waals surface area contributed by atoms with E-state index in [4.69, 9.17) is 5.73 Å². The second-order valence-corrected chi connectivity index (χ2v) is 5.86. The molecule has 0 bridgehead atoms. The molecule has 4 nitrogen and oxygen atoms in total. The van der Waals surface area contributed by atoms with Gasteiger partial charge in [-0.2, -0.15) is 0 Å². The number of nitrogens with two attached hydrogens (primary N) is 1. The summed E-state index contributed by atoms with van der Waals surface area (Å²) < 4.78 is 1.11. The lowest BCUT2D eigenvalue weighted by Crippen LogP contribution is -2.46. The maximum absolute atomic E-state index is 11.2. The monoisotopic (exact) mass is 325 g/mol. The lowest BCUT2D eigenvalue weighted by molar-refractivity contribution is -0.120. The Hall–Kier alpha value is -0.910. The Morgan fingerprint density at radius 1 is 1.32 bits per heavy atom. The molecule has 1 heterocycles. The Labute approximate surface area is 122 Å². The van der Waals surface area contributed by atoms with Crippen molar-refractivity contribution < 1.29 is 4.79 Å². The van der Waals surface area contributed by atoms with Gasteiger partial charge in [0.1, 0.15) is 0 Å². The highest BCUT2D eigenvalue weighted by molar-refractivity contribution is 9.10. The molecule has 0 unspecified atom stereocenters. The highest BCUT2D eigenvalue weighted by Crippen LogP contribution is 2.16. The van der Waals surface area contributed by atoms with E-state index < -0.39 is 0 Å². The third-order valence-corrected chi connectivity index (χ3v) is 3.99. The number of carbonyl (C=O) groups is 1. The molecule has 0 radical (unpaired) electrons. The van der Waals surface area contributed by atoms with Gasteiger partial charge in [0, 0.05) is 30.1 Å². The number of nitrogens with one attached hydrogen (secondary N) is 1. The van der Waals surface area contributed by atoms with Crippen LogP contribution in [0.4, 0.5) is 0 Å². The first-order valence-corrected chi connectivity index (χ1v) is 7.43. The fourth-order valence-electron chi connectivity index (χ4n) is 2.37. The SMILES string of the molecule is NCC(=O)NC1CCN(Cc2ccc(Br)cc2)CC1. The van der Waals surface area contributed by atoms with Crippen LogP contribution in [0.1, 0.15) is 18.4 Å². The standard InChI is InChI=1S/C14H20BrN3O/c15-12-3-1-11(2-4-12)10-18-7-5-13(6-8-18)17-14(19)9-16/h1-4,13H,5-10,16H2,(H,17,19). The molecule has 19 heavy (non-hydrogen) atoms. The van der Waals surface area contributed by atoms with E-state index in [0.717, 1.165) is 36.9 Å². The lowest BCUT2D eigenvalue weighted by atomic mass is 10.0. The van der Waals surface area contributed by atoms with Crippen LogP contribution in [-0.2, 0) is 11.3 Å². The summed E-state index contributed by atoms with van der Waals surface area (Å²) in [5.41, 5.74) is 6.63. The average molecular weight is 326 g/mol. The first kappa shape index (κ1) is 14.5. The summed E-state index contributed by atoms with van der Waals surface area (Å²) in [5.74, 6) is -0.0497. The van der Waals surface area contributed by atoms with Gasteiger partial charge in [0.2, 0.25) is 5.91 Å². The summed E-state index contributed by atoms with van der Waals surface area (Å²) in [6.07, 6.45) is 2.00. The Balaban J connectivity index is 1.77. The maximum Gasteiger partial charge on any atom is 0.233 e. The summed E-state index contributed by atoms with van der Waals surface area (Å²) in [5, 5.41) is 2.96. The van der Waals surface area contributed by atoms with Crippen LogP contribution < -0.4 is 11.1 Å². The highest BCUT2D eigenvalue weighted by atomic mass is 79.9. The zero-order chi connectivity index (χ0) is 13.7. The normalized spacial score (nSPS) is 17.4. The number of amides is 1. The molecule has 0 aromatic heterocycles. The summed E-state index contributed by atoms with van der Waals surface area (Å²) >= 11 is 3.44. The first-order valence-electron chi connectivity index (χ1n) is 6.63. The van der Waals surface area contributed by atoms with Crippen molar-refractivity contribution in [3.8, 4) is 0 Å². The maximum atomic E-state index is 11.2. The summed E-state index contributed by atoms with van der Waals surface area (Å²) in [4.78, 5) is 13.7. The van der Waals surface area contributed by atoms with Crippen LogP contribution in [0.3, 0.4) is 0 Å². The van der Waals surface area contributed by atoms with Crippen LogP contribution in [0.25, 0.3) is 0 Å². The highest BCUT2D eigenvalue weighted by Gasteiger charge is 2.20. The number of hydrogen-bond donors (Lipinski definition) is 2. The zero-order valence-corrected chi connectivity index (χ0v) is 12.5. The van der Waals surface area contributed by atoms with Crippen molar-refractivity contribution in [1.82, 2.24) is 10.2 Å². The summed E-state index contributed by atoms with van der Waals surface area (Å²) in [7, 11) is 0. The van der Waals surface area contributed by atoms with Crippen LogP contribution in [0.15, 0.2) is 28.7 Å². The van der Waals surface area contributed by atoms with E-state index >= 15 is 0 Å². The fourth-order valence-corrected chi connectivity index (χ4v) is 2.63. The minimum Gasteiger partial charge on any atom is -0.352 e. The van der Waals surface area contributed by atoms with Gasteiger partial charge in [-0.05, 0) is 30.5 Å². The van der Waals surface area contributed by atoms with Crippen molar-refractivity contribution in [2.45, 2.75) is 25.4 Å². The number of halogens is 1. The molecule has 5 heteroatoms. The van der Waals surface area contributed by atoms with Gasteiger partial charge >= 0.3 is 0 Å². The quantitative estimate of drug-likeness (QED) is 0.881. The van der Waals surface area contributed by atoms with E-state index in [1.807, 2.05) is 0 Å². The van der Waals surface area contributed by atoms with Crippen LogP contribution in [0, 0.1) is 0 Å². The van der Waals surface area contributed by atoms with Gasteiger partial charge in [0.25, 0.3) is 0 Å². The molecule has 1 aromatic carbocycles. The minimum atomic E-state index is -0.0497. The third kappa shape index (κ3) is 4.60. The second-order valence-electron chi connectivity index (χ2n) is 4.95. The average Bonchev–Trinajstić information content (AvgIpc) is 2.43. The van der Waals surface area contributed by atoms with Gasteiger partial charge in [0.15, 0.2) is 0 Å². The molecule has 1 aliphatic heterocycles. The van der Waals surface area contributed by atoms with E-state index in [0.29, 0.717) is 0 Å². The zero-order valence-electron chi connectivity index (χ0n) is 10.9. The molecule has 2 rings (SSSR count). The topological polar surface area (TPSA) is 58.4 Å². The van der Waals surface area contributed by atoms with Crippen LogP contribution >= 0.6 is 15.9 Å². The number of hydrogen-bond acceptors (Lipinski definition) is 3. The van der Waals surface area contributed by atoms with Gasteiger partial charge < -0.3 is 11.1 Å². The van der Waals surface area contributed by atoms with E-state index in [1.54, 1.807) is 0 Å². The summed E-state index contributed by atoms with van der Waals surface area (Å²) in [6.45, 7) is 3.10. The number of nitrogens with zero attached hydrogens (tertiary/aromatic N) is 1. The molecule has 3 N–H and O–H groups in total. The molecule has 0 aliphatic carbocycles. The molecular formula is C14H20BrN3O. The fraction of sp³-hybridized carbons (Fsp3) is 0.500. The molecule has 1 fully saturated rings. The second kappa shape index (κ2) is 7.03. The molecule has 1 amide bonds. The van der Waals surface area contributed by atoms with Crippen LogP contribution in [-0.4, -0.2) is 36.5 Å². The Morgan fingerprint density at radius 3 is 2.53 bits per heavy atom. The van der Waals surface area contributed by atoms with Crippen molar-refractivity contribution in [3.05, 3.63) is 34.3 Å². The first-order chi connectivity index (χ1) is 9.17. The van der Waals surface area contributed by atoms with Crippen molar-refractivity contribution in [2.75, 3.05) is 19.6 Å². The predicted octanol–water partition coefficient (Wildman–Crippen LogP) is 1.49. The van der Waals surface area contributed by atoms with Gasteiger partial charge in [-0.25, -0.2) is 0 Å². The number of piperidine rings is 1. The Kier molecular flexibility index (Phi) is 5.36. The van der Waals surface area contributed by atoms with Gasteiger partial charge in [-0.1, -0.05) is 28.1 Å². The molecule has 0 spiro atoms. The van der Waals surface area contributed by atoms with Crippen LogP contribution in [0.5, 0.6) is 0 Å². The lowest BCUT2D eigenvalue weighted by Gasteiger charge is -2.32. The van der Waals surface area contributed by atoms with E-state index in [9.17, 15) is 4.79 Å². The van der Waals surface area contributed by atoms with Gasteiger partial charge in [-0.3, -0.25) is 9.69 Å². The van der Waals surface area contributed by atoms with Crippen LogP contribution in [0.2, 0.25) is 0 Å². The third-order valence-electron chi connectivity index (χ3n) is 3.46. The largest absolute Gasteiger partial charge is 0.352 e. The van der Waals surface area contributed by atoms with Crippen molar-refractivity contribution >= 4 is 21.8 Å². The molecule has 1 aliphatic rings. The Bertz CT molecular complexity index is 413.